The third-order valence-electron chi connectivity index (χ3n) is 3.83. The maximum absolute atomic E-state index is 10.7. The Bertz CT molecular complexity index is 230. The van der Waals surface area contributed by atoms with Crippen molar-refractivity contribution in [3.63, 3.8) is 0 Å². The van der Waals surface area contributed by atoms with E-state index in [-0.39, 0.29) is 5.78 Å². The molecule has 0 atom stereocenters. The minimum absolute atomic E-state index is 0.166. The molecule has 0 saturated heterocycles. The standard InChI is InChI=1S/C19H36O/c1-3-4-5-6-7-8-9-10-11-12-13-14-15-16-17-18-19(2)20/h17-18H,3-16H2,1-2H3/b18-17+. The van der Waals surface area contributed by atoms with Gasteiger partial charge in [-0.1, -0.05) is 90.0 Å². The van der Waals surface area contributed by atoms with Gasteiger partial charge < -0.3 is 0 Å². The topological polar surface area (TPSA) is 17.1 Å². The monoisotopic (exact) mass is 280 g/mol. The van der Waals surface area contributed by atoms with Gasteiger partial charge in [-0.3, -0.25) is 4.79 Å². The van der Waals surface area contributed by atoms with Crippen LogP contribution in [0.2, 0.25) is 0 Å². The van der Waals surface area contributed by atoms with Gasteiger partial charge in [-0.15, -0.1) is 0 Å². The van der Waals surface area contributed by atoms with Gasteiger partial charge >= 0.3 is 0 Å². The van der Waals surface area contributed by atoms with Crippen LogP contribution in [0.15, 0.2) is 12.2 Å². The van der Waals surface area contributed by atoms with E-state index in [0.717, 1.165) is 6.42 Å². The maximum Gasteiger partial charge on any atom is 0.152 e. The lowest BCUT2D eigenvalue weighted by Crippen LogP contribution is -1.83. The van der Waals surface area contributed by atoms with Crippen LogP contribution in [0.5, 0.6) is 0 Å². The Balaban J connectivity index is 3.01. The fraction of sp³-hybridized carbons (Fsp3) is 0.842. The number of unbranched alkanes of at least 4 members (excludes halogenated alkanes) is 13. The average Bonchev–Trinajstić information content (AvgIpc) is 2.43. The Kier molecular flexibility index (Phi) is 16.0. The molecule has 118 valence electrons. The predicted molar refractivity (Wildman–Crippen MR) is 90.1 cm³/mol. The third-order valence-corrected chi connectivity index (χ3v) is 3.83. The molecular formula is C19H36O. The van der Waals surface area contributed by atoms with Gasteiger partial charge in [0.05, 0.1) is 0 Å². The number of hydrogen-bond donors (Lipinski definition) is 0. The molecule has 0 heterocycles. The Morgan fingerprint density at radius 2 is 1.10 bits per heavy atom. The minimum atomic E-state index is 0.166. The van der Waals surface area contributed by atoms with Crippen LogP contribution >= 0.6 is 0 Å². The smallest absolute Gasteiger partial charge is 0.152 e. The second-order valence-electron chi connectivity index (χ2n) is 6.04. The van der Waals surface area contributed by atoms with Crippen LogP contribution in [-0.2, 0) is 4.79 Å². The molecule has 0 saturated carbocycles. The van der Waals surface area contributed by atoms with Gasteiger partial charge in [0.1, 0.15) is 0 Å². The van der Waals surface area contributed by atoms with Crippen molar-refractivity contribution in [2.45, 2.75) is 104 Å². The van der Waals surface area contributed by atoms with Crippen molar-refractivity contribution in [3.8, 4) is 0 Å². The van der Waals surface area contributed by atoms with Gasteiger partial charge in [0.15, 0.2) is 5.78 Å². The van der Waals surface area contributed by atoms with Gasteiger partial charge in [-0.05, 0) is 25.8 Å². The predicted octanol–water partition coefficient (Wildman–Crippen LogP) is 6.61. The van der Waals surface area contributed by atoms with Crippen molar-refractivity contribution >= 4 is 5.78 Å². The molecule has 0 spiro atoms. The summed E-state index contributed by atoms with van der Waals surface area (Å²) in [5.41, 5.74) is 0. The molecule has 1 heteroatoms. The summed E-state index contributed by atoms with van der Waals surface area (Å²) in [6.07, 6.45) is 22.9. The van der Waals surface area contributed by atoms with Crippen molar-refractivity contribution in [1.82, 2.24) is 0 Å². The van der Waals surface area contributed by atoms with Crippen LogP contribution in [0.1, 0.15) is 104 Å². The molecule has 0 amide bonds. The largest absolute Gasteiger partial charge is 0.295 e. The molecule has 0 aliphatic carbocycles. The Hall–Kier alpha value is -0.590. The zero-order chi connectivity index (χ0) is 14.9. The van der Waals surface area contributed by atoms with E-state index in [1.807, 2.05) is 6.08 Å². The number of carbonyl (C=O) groups is 1. The molecule has 0 aromatic carbocycles. The molecule has 0 N–H and O–H groups in total. The van der Waals surface area contributed by atoms with Crippen molar-refractivity contribution in [2.24, 2.45) is 0 Å². The molecule has 0 aliphatic heterocycles. The average molecular weight is 280 g/mol. The van der Waals surface area contributed by atoms with Crippen LogP contribution in [-0.4, -0.2) is 5.78 Å². The summed E-state index contributed by atoms with van der Waals surface area (Å²) < 4.78 is 0. The third kappa shape index (κ3) is 17.4. The van der Waals surface area contributed by atoms with Gasteiger partial charge in [0.2, 0.25) is 0 Å². The fourth-order valence-electron chi connectivity index (χ4n) is 2.53. The maximum atomic E-state index is 10.7. The van der Waals surface area contributed by atoms with Crippen LogP contribution in [0.25, 0.3) is 0 Å². The number of hydrogen-bond acceptors (Lipinski definition) is 1. The van der Waals surface area contributed by atoms with E-state index in [2.05, 4.69) is 6.92 Å². The molecule has 20 heavy (non-hydrogen) atoms. The number of rotatable bonds is 15. The van der Waals surface area contributed by atoms with Gasteiger partial charge in [-0.2, -0.15) is 0 Å². The van der Waals surface area contributed by atoms with Crippen molar-refractivity contribution in [1.29, 1.82) is 0 Å². The summed E-state index contributed by atoms with van der Waals surface area (Å²) >= 11 is 0. The molecule has 0 aromatic heterocycles. The van der Waals surface area contributed by atoms with E-state index in [0.29, 0.717) is 0 Å². The van der Waals surface area contributed by atoms with Crippen LogP contribution in [0.4, 0.5) is 0 Å². The molecule has 0 bridgehead atoms. The Morgan fingerprint density at radius 3 is 1.50 bits per heavy atom. The van der Waals surface area contributed by atoms with Crippen LogP contribution in [0, 0.1) is 0 Å². The summed E-state index contributed by atoms with van der Waals surface area (Å²) in [7, 11) is 0. The van der Waals surface area contributed by atoms with Gasteiger partial charge in [-0.25, -0.2) is 0 Å². The van der Waals surface area contributed by atoms with Gasteiger partial charge in [0, 0.05) is 0 Å². The zero-order valence-corrected chi connectivity index (χ0v) is 14.0. The SMILES string of the molecule is CCCCCCCCCCCCCCC/C=C/C(C)=O. The van der Waals surface area contributed by atoms with E-state index >= 15 is 0 Å². The summed E-state index contributed by atoms with van der Waals surface area (Å²) in [5, 5.41) is 0. The Labute approximate surface area is 127 Å². The summed E-state index contributed by atoms with van der Waals surface area (Å²) in [4.78, 5) is 10.7. The van der Waals surface area contributed by atoms with E-state index in [1.165, 1.54) is 83.5 Å². The first-order valence-corrected chi connectivity index (χ1v) is 8.94. The number of carbonyl (C=O) groups excluding carboxylic acids is 1. The van der Waals surface area contributed by atoms with E-state index in [4.69, 9.17) is 0 Å². The molecule has 0 aliphatic rings. The molecule has 0 fully saturated rings. The molecule has 0 rings (SSSR count). The molecule has 0 aromatic rings. The first-order chi connectivity index (χ1) is 9.77. The highest BCUT2D eigenvalue weighted by Crippen LogP contribution is 2.12. The zero-order valence-electron chi connectivity index (χ0n) is 14.0. The first-order valence-electron chi connectivity index (χ1n) is 8.94. The molecular weight excluding hydrogens is 244 g/mol. The van der Waals surface area contributed by atoms with Crippen molar-refractivity contribution in [3.05, 3.63) is 12.2 Å². The van der Waals surface area contributed by atoms with E-state index < -0.39 is 0 Å². The minimum Gasteiger partial charge on any atom is -0.295 e. The lowest BCUT2D eigenvalue weighted by atomic mass is 10.0. The molecule has 0 unspecified atom stereocenters. The fourth-order valence-corrected chi connectivity index (χ4v) is 2.53. The number of allylic oxidation sites excluding steroid dienone is 2. The van der Waals surface area contributed by atoms with Crippen molar-refractivity contribution < 1.29 is 4.79 Å². The Morgan fingerprint density at radius 1 is 0.700 bits per heavy atom. The lowest BCUT2D eigenvalue weighted by molar-refractivity contribution is -0.112. The highest BCUT2D eigenvalue weighted by atomic mass is 16.1. The van der Waals surface area contributed by atoms with E-state index in [1.54, 1.807) is 13.0 Å². The summed E-state index contributed by atoms with van der Waals surface area (Å²) in [5.74, 6) is 0.166. The van der Waals surface area contributed by atoms with Crippen LogP contribution < -0.4 is 0 Å². The number of ketones is 1. The van der Waals surface area contributed by atoms with Crippen LogP contribution in [0.3, 0.4) is 0 Å². The second-order valence-corrected chi connectivity index (χ2v) is 6.04. The summed E-state index contributed by atoms with van der Waals surface area (Å²) in [6, 6.07) is 0. The van der Waals surface area contributed by atoms with Gasteiger partial charge in [0.25, 0.3) is 0 Å². The lowest BCUT2D eigenvalue weighted by Gasteiger charge is -2.02. The molecule has 0 radical (unpaired) electrons. The summed E-state index contributed by atoms with van der Waals surface area (Å²) in [6.45, 7) is 3.89. The second kappa shape index (κ2) is 16.5. The highest BCUT2D eigenvalue weighted by Gasteiger charge is 1.93. The normalized spacial score (nSPS) is 11.3. The molecule has 1 nitrogen and oxygen atoms in total. The van der Waals surface area contributed by atoms with Crippen molar-refractivity contribution in [2.75, 3.05) is 0 Å². The first kappa shape index (κ1) is 19.4. The quantitative estimate of drug-likeness (QED) is 0.243. The highest BCUT2D eigenvalue weighted by molar-refractivity contribution is 5.87. The van der Waals surface area contributed by atoms with E-state index in [9.17, 15) is 4.79 Å².